The number of aromatic nitrogens is 1. The smallest absolute Gasteiger partial charge is 0.316 e. The Labute approximate surface area is 65.4 Å². The van der Waals surface area contributed by atoms with E-state index in [0.29, 0.717) is 0 Å². The van der Waals surface area contributed by atoms with E-state index in [0.717, 1.165) is 0 Å². The average molecular weight is 172 g/mol. The molecule has 0 atom stereocenters. The highest BCUT2D eigenvalue weighted by Gasteiger charge is 2.15. The van der Waals surface area contributed by atoms with Crippen molar-refractivity contribution in [3.63, 3.8) is 0 Å². The lowest BCUT2D eigenvalue weighted by atomic mass is 10.3. The SMILES string of the molecule is O=NCc1noc(N=O)c1NO. The summed E-state index contributed by atoms with van der Waals surface area (Å²) >= 11 is 0. The number of nitroso groups, excluding NO2 is 2. The van der Waals surface area contributed by atoms with Crippen LogP contribution in [0.2, 0.25) is 0 Å². The highest BCUT2D eigenvalue weighted by molar-refractivity contribution is 5.60. The lowest BCUT2D eigenvalue weighted by Crippen LogP contribution is -1.92. The number of nitrogens with zero attached hydrogens (tertiary/aromatic N) is 3. The molecule has 12 heavy (non-hydrogen) atoms. The second-order valence-corrected chi connectivity index (χ2v) is 1.80. The zero-order valence-electron chi connectivity index (χ0n) is 5.72. The predicted molar refractivity (Wildman–Crippen MR) is 36.9 cm³/mol. The molecule has 0 spiro atoms. The topological polar surface area (TPSA) is 117 Å². The highest BCUT2D eigenvalue weighted by atomic mass is 16.5. The van der Waals surface area contributed by atoms with Crippen LogP contribution in [0.25, 0.3) is 0 Å². The van der Waals surface area contributed by atoms with Gasteiger partial charge in [-0.25, -0.2) is 0 Å². The standard InChI is InChI=1S/C4H4N4O4/c9-5-1-2-3(6-10)4(7-11)12-8-2/h6,10H,1H2. The van der Waals surface area contributed by atoms with Crippen molar-refractivity contribution in [1.29, 1.82) is 0 Å². The van der Waals surface area contributed by atoms with Crippen molar-refractivity contribution >= 4 is 11.6 Å². The predicted octanol–water partition coefficient (Wildman–Crippen LogP) is 1.14. The maximum absolute atomic E-state index is 9.96. The highest BCUT2D eigenvalue weighted by Crippen LogP contribution is 2.28. The molecule has 2 N–H and O–H groups in total. The van der Waals surface area contributed by atoms with E-state index in [4.69, 9.17) is 5.21 Å². The zero-order chi connectivity index (χ0) is 8.97. The fraction of sp³-hybridized carbons (Fsp3) is 0.250. The fourth-order valence-corrected chi connectivity index (χ4v) is 0.657. The summed E-state index contributed by atoms with van der Waals surface area (Å²) in [7, 11) is 0. The molecule has 8 nitrogen and oxygen atoms in total. The molecule has 1 aromatic heterocycles. The van der Waals surface area contributed by atoms with E-state index < -0.39 is 5.88 Å². The Bertz CT molecular complexity index is 295. The van der Waals surface area contributed by atoms with Crippen molar-refractivity contribution in [2.24, 2.45) is 10.4 Å². The minimum absolute atomic E-state index is 0.0297. The monoisotopic (exact) mass is 172 g/mol. The number of anilines is 1. The van der Waals surface area contributed by atoms with E-state index in [9.17, 15) is 9.81 Å². The maximum atomic E-state index is 9.96. The summed E-state index contributed by atoms with van der Waals surface area (Å²) in [5.41, 5.74) is 1.53. The van der Waals surface area contributed by atoms with E-state index in [2.05, 4.69) is 20.0 Å². The molecule has 0 bridgehead atoms. The van der Waals surface area contributed by atoms with Crippen LogP contribution in [-0.4, -0.2) is 10.4 Å². The minimum Gasteiger partial charge on any atom is -0.330 e. The summed E-state index contributed by atoms with van der Waals surface area (Å²) in [6.07, 6.45) is 0. The van der Waals surface area contributed by atoms with Crippen molar-refractivity contribution < 1.29 is 9.73 Å². The van der Waals surface area contributed by atoms with Gasteiger partial charge in [0.2, 0.25) is 0 Å². The Morgan fingerprint density at radius 1 is 1.58 bits per heavy atom. The molecule has 0 amide bonds. The summed E-state index contributed by atoms with van der Waals surface area (Å²) in [5, 5.41) is 16.6. The van der Waals surface area contributed by atoms with E-state index in [1.54, 1.807) is 5.48 Å². The molecule has 0 aliphatic heterocycles. The fourth-order valence-electron chi connectivity index (χ4n) is 0.657. The van der Waals surface area contributed by atoms with Gasteiger partial charge in [-0.1, -0.05) is 10.3 Å². The van der Waals surface area contributed by atoms with Crippen LogP contribution in [0.3, 0.4) is 0 Å². The van der Waals surface area contributed by atoms with Crippen LogP contribution in [0, 0.1) is 9.81 Å². The lowest BCUT2D eigenvalue weighted by Gasteiger charge is -1.91. The molecule has 8 heteroatoms. The molecular weight excluding hydrogens is 168 g/mol. The van der Waals surface area contributed by atoms with Gasteiger partial charge in [0.25, 0.3) is 0 Å². The van der Waals surface area contributed by atoms with Crippen molar-refractivity contribution in [2.75, 3.05) is 5.48 Å². The Morgan fingerprint density at radius 2 is 2.33 bits per heavy atom. The van der Waals surface area contributed by atoms with Crippen LogP contribution in [0.4, 0.5) is 11.6 Å². The van der Waals surface area contributed by atoms with Gasteiger partial charge in [-0.05, 0) is 0 Å². The molecule has 1 rings (SSSR count). The van der Waals surface area contributed by atoms with Gasteiger partial charge in [0, 0.05) is 5.18 Å². The minimum atomic E-state index is -0.420. The maximum Gasteiger partial charge on any atom is 0.316 e. The van der Waals surface area contributed by atoms with E-state index in [1.165, 1.54) is 0 Å². The third-order valence-electron chi connectivity index (χ3n) is 1.15. The van der Waals surface area contributed by atoms with Crippen molar-refractivity contribution in [3.8, 4) is 0 Å². The van der Waals surface area contributed by atoms with Crippen molar-refractivity contribution in [1.82, 2.24) is 5.16 Å². The van der Waals surface area contributed by atoms with Crippen LogP contribution in [-0.2, 0) is 6.54 Å². The van der Waals surface area contributed by atoms with Crippen LogP contribution in [0.5, 0.6) is 0 Å². The molecule has 64 valence electrons. The molecule has 0 aliphatic carbocycles. The first-order valence-corrected chi connectivity index (χ1v) is 2.84. The van der Waals surface area contributed by atoms with E-state index in [1.807, 2.05) is 0 Å². The first-order chi connectivity index (χ1) is 5.83. The van der Waals surface area contributed by atoms with Gasteiger partial charge in [-0.15, -0.1) is 4.91 Å². The summed E-state index contributed by atoms with van der Waals surface area (Å²) in [6.45, 7) is -0.304. The number of hydrogen-bond acceptors (Lipinski definition) is 8. The molecule has 0 aromatic carbocycles. The zero-order valence-corrected chi connectivity index (χ0v) is 5.72. The molecular formula is C4H4N4O4. The lowest BCUT2D eigenvalue weighted by molar-refractivity contribution is 0.387. The number of nitrogens with one attached hydrogen (secondary N) is 1. The largest absolute Gasteiger partial charge is 0.330 e. The molecule has 0 radical (unpaired) electrons. The van der Waals surface area contributed by atoms with Crippen molar-refractivity contribution in [3.05, 3.63) is 15.5 Å². The van der Waals surface area contributed by atoms with Gasteiger partial charge >= 0.3 is 5.88 Å². The molecule has 0 fully saturated rings. The van der Waals surface area contributed by atoms with Crippen LogP contribution >= 0.6 is 0 Å². The third kappa shape index (κ3) is 1.27. The van der Waals surface area contributed by atoms with E-state index >= 15 is 0 Å². The summed E-state index contributed by atoms with van der Waals surface area (Å²) in [6, 6.07) is 0. The second-order valence-electron chi connectivity index (χ2n) is 1.80. The van der Waals surface area contributed by atoms with Gasteiger partial charge < -0.3 is 4.52 Å². The van der Waals surface area contributed by atoms with Gasteiger partial charge in [0.1, 0.15) is 12.2 Å². The summed E-state index contributed by atoms with van der Waals surface area (Å²) in [5.74, 6) is -0.420. The average Bonchev–Trinajstić information content (AvgIpc) is 2.47. The Morgan fingerprint density at radius 3 is 2.83 bits per heavy atom. The van der Waals surface area contributed by atoms with Gasteiger partial charge in [-0.3, -0.25) is 10.7 Å². The normalized spacial score (nSPS) is 9.42. The number of hydrogen-bond donors (Lipinski definition) is 2. The first-order valence-electron chi connectivity index (χ1n) is 2.84. The van der Waals surface area contributed by atoms with Crippen molar-refractivity contribution in [2.45, 2.75) is 6.54 Å². The van der Waals surface area contributed by atoms with Crippen LogP contribution < -0.4 is 5.48 Å². The Balaban J connectivity index is 3.03. The molecule has 0 saturated heterocycles. The summed E-state index contributed by atoms with van der Waals surface area (Å²) < 4.78 is 4.34. The molecule has 0 saturated carbocycles. The van der Waals surface area contributed by atoms with Gasteiger partial charge in [-0.2, -0.15) is 4.91 Å². The molecule has 1 aromatic rings. The van der Waals surface area contributed by atoms with E-state index in [-0.39, 0.29) is 17.9 Å². The first kappa shape index (κ1) is 8.27. The van der Waals surface area contributed by atoms with Gasteiger partial charge in [0.15, 0.2) is 5.69 Å². The third-order valence-corrected chi connectivity index (χ3v) is 1.15. The van der Waals surface area contributed by atoms with Crippen LogP contribution in [0.1, 0.15) is 5.69 Å². The molecule has 1 heterocycles. The molecule has 0 unspecified atom stereocenters. The van der Waals surface area contributed by atoms with Crippen LogP contribution in [0.15, 0.2) is 14.9 Å². The van der Waals surface area contributed by atoms with Gasteiger partial charge in [0.05, 0.1) is 0 Å². The number of rotatable bonds is 4. The Kier molecular flexibility index (Phi) is 2.43. The summed E-state index contributed by atoms with van der Waals surface area (Å²) in [4.78, 5) is 19.8. The molecule has 0 aliphatic rings. The quantitative estimate of drug-likeness (QED) is 0.519. The second kappa shape index (κ2) is 3.53. The Hall–Kier alpha value is -1.83.